The number of ether oxygens (including phenoxy) is 1. The lowest BCUT2D eigenvalue weighted by atomic mass is 10.2. The van der Waals surface area contributed by atoms with Crippen LogP contribution in [0, 0.1) is 6.92 Å². The Kier molecular flexibility index (Phi) is 3.53. The second-order valence-electron chi connectivity index (χ2n) is 5.40. The summed E-state index contributed by atoms with van der Waals surface area (Å²) in [5.74, 6) is 2.84. The van der Waals surface area contributed by atoms with E-state index in [9.17, 15) is 0 Å². The van der Waals surface area contributed by atoms with Gasteiger partial charge in [-0.3, -0.25) is 0 Å². The molecule has 0 radical (unpaired) electrons. The van der Waals surface area contributed by atoms with Gasteiger partial charge in [-0.25, -0.2) is 14.6 Å². The summed E-state index contributed by atoms with van der Waals surface area (Å²) in [6.45, 7) is 4.86. The fourth-order valence-corrected chi connectivity index (χ4v) is 2.57. The van der Waals surface area contributed by atoms with E-state index in [1.54, 1.807) is 11.8 Å². The minimum atomic E-state index is 0.576. The summed E-state index contributed by atoms with van der Waals surface area (Å²) in [4.78, 5) is 9.38. The van der Waals surface area contributed by atoms with E-state index < -0.39 is 0 Å². The third kappa shape index (κ3) is 2.57. The lowest BCUT2D eigenvalue weighted by Gasteiger charge is -2.09. The molecule has 2 aromatic rings. The summed E-state index contributed by atoms with van der Waals surface area (Å²) in [6, 6.07) is 2.06. The van der Waals surface area contributed by atoms with Gasteiger partial charge in [0.25, 0.3) is 0 Å². The molecule has 6 heteroatoms. The molecule has 0 atom stereocenters. The Morgan fingerprint density at radius 2 is 2.14 bits per heavy atom. The minimum absolute atomic E-state index is 0.576. The highest BCUT2D eigenvalue weighted by atomic mass is 16.5. The van der Waals surface area contributed by atoms with E-state index in [1.807, 2.05) is 14.0 Å². The predicted molar refractivity (Wildman–Crippen MR) is 81.7 cm³/mol. The van der Waals surface area contributed by atoms with E-state index in [-0.39, 0.29) is 0 Å². The van der Waals surface area contributed by atoms with Gasteiger partial charge < -0.3 is 10.1 Å². The SMILES string of the molecule is CCNc1cc(C2CC2)nc(-c2c(C)nn(C)c2OC)n1. The molecule has 0 bridgehead atoms. The number of hydrogen-bond donors (Lipinski definition) is 1. The fourth-order valence-electron chi connectivity index (χ4n) is 2.57. The monoisotopic (exact) mass is 287 g/mol. The molecule has 3 rings (SSSR count). The maximum atomic E-state index is 5.47. The summed E-state index contributed by atoms with van der Waals surface area (Å²) >= 11 is 0. The number of methoxy groups -OCH3 is 1. The maximum Gasteiger partial charge on any atom is 0.222 e. The van der Waals surface area contributed by atoms with Crippen molar-refractivity contribution in [2.45, 2.75) is 32.6 Å². The van der Waals surface area contributed by atoms with Crippen LogP contribution < -0.4 is 10.1 Å². The van der Waals surface area contributed by atoms with Gasteiger partial charge >= 0.3 is 0 Å². The van der Waals surface area contributed by atoms with Crippen LogP contribution in [0.25, 0.3) is 11.4 Å². The first-order valence-electron chi connectivity index (χ1n) is 7.34. The highest BCUT2D eigenvalue weighted by molar-refractivity contribution is 5.66. The molecule has 1 saturated carbocycles. The van der Waals surface area contributed by atoms with Gasteiger partial charge in [0.1, 0.15) is 11.4 Å². The number of rotatable bonds is 5. The van der Waals surface area contributed by atoms with Gasteiger partial charge in [-0.2, -0.15) is 5.10 Å². The van der Waals surface area contributed by atoms with Crippen molar-refractivity contribution >= 4 is 5.82 Å². The topological polar surface area (TPSA) is 64.9 Å². The molecule has 0 amide bonds. The van der Waals surface area contributed by atoms with Crippen molar-refractivity contribution in [3.05, 3.63) is 17.5 Å². The predicted octanol–water partition coefficient (Wildman–Crippen LogP) is 2.50. The van der Waals surface area contributed by atoms with Gasteiger partial charge in [0.05, 0.1) is 12.8 Å². The van der Waals surface area contributed by atoms with Gasteiger partial charge in [-0.1, -0.05) is 0 Å². The summed E-state index contributed by atoms with van der Waals surface area (Å²) in [5, 5.41) is 7.70. The quantitative estimate of drug-likeness (QED) is 0.915. The van der Waals surface area contributed by atoms with Crippen LogP contribution in [0.3, 0.4) is 0 Å². The van der Waals surface area contributed by atoms with E-state index >= 15 is 0 Å². The second-order valence-corrected chi connectivity index (χ2v) is 5.40. The Labute approximate surface area is 124 Å². The Morgan fingerprint density at radius 3 is 2.76 bits per heavy atom. The highest BCUT2D eigenvalue weighted by Gasteiger charge is 2.27. The molecule has 21 heavy (non-hydrogen) atoms. The Bertz CT molecular complexity index is 660. The zero-order valence-electron chi connectivity index (χ0n) is 13.0. The number of anilines is 1. The number of nitrogens with one attached hydrogen (secondary N) is 1. The van der Waals surface area contributed by atoms with Crippen LogP contribution in [0.5, 0.6) is 5.88 Å². The van der Waals surface area contributed by atoms with Crippen LogP contribution in [0.4, 0.5) is 5.82 Å². The van der Waals surface area contributed by atoms with Crippen molar-refractivity contribution in [1.29, 1.82) is 0 Å². The Hall–Kier alpha value is -2.11. The Morgan fingerprint density at radius 1 is 1.38 bits per heavy atom. The van der Waals surface area contributed by atoms with Crippen LogP contribution in [-0.2, 0) is 7.05 Å². The minimum Gasteiger partial charge on any atom is -0.481 e. The van der Waals surface area contributed by atoms with Crippen molar-refractivity contribution in [1.82, 2.24) is 19.7 Å². The highest BCUT2D eigenvalue weighted by Crippen LogP contribution is 2.41. The molecule has 0 spiro atoms. The molecule has 2 aromatic heterocycles. The largest absolute Gasteiger partial charge is 0.481 e. The summed E-state index contributed by atoms with van der Waals surface area (Å²) in [7, 11) is 3.52. The van der Waals surface area contributed by atoms with Crippen molar-refractivity contribution in [2.24, 2.45) is 7.05 Å². The van der Waals surface area contributed by atoms with Crippen molar-refractivity contribution in [3.63, 3.8) is 0 Å². The standard InChI is InChI=1S/C15H21N5O/c1-5-16-12-8-11(10-6-7-10)17-14(18-12)13-9(2)19-20(3)15(13)21-4/h8,10H,5-7H2,1-4H3,(H,16,17,18). The zero-order valence-corrected chi connectivity index (χ0v) is 13.0. The van der Waals surface area contributed by atoms with Crippen LogP contribution in [0.2, 0.25) is 0 Å². The molecular weight excluding hydrogens is 266 g/mol. The molecule has 0 unspecified atom stereocenters. The third-order valence-electron chi connectivity index (χ3n) is 3.69. The zero-order chi connectivity index (χ0) is 15.0. The lowest BCUT2D eigenvalue weighted by Crippen LogP contribution is -2.04. The maximum absolute atomic E-state index is 5.47. The van der Waals surface area contributed by atoms with Gasteiger partial charge in [-0.05, 0) is 26.7 Å². The normalized spacial score (nSPS) is 14.3. The van der Waals surface area contributed by atoms with E-state index in [1.165, 1.54) is 12.8 Å². The number of aromatic nitrogens is 4. The lowest BCUT2D eigenvalue weighted by molar-refractivity contribution is 0.374. The van der Waals surface area contributed by atoms with Gasteiger partial charge in [0, 0.05) is 31.3 Å². The third-order valence-corrected chi connectivity index (χ3v) is 3.69. The van der Waals surface area contributed by atoms with Gasteiger partial charge in [0.15, 0.2) is 5.82 Å². The second kappa shape index (κ2) is 5.35. The number of aryl methyl sites for hydroxylation is 2. The smallest absolute Gasteiger partial charge is 0.222 e. The van der Waals surface area contributed by atoms with Crippen molar-refractivity contribution in [3.8, 4) is 17.3 Å². The molecule has 112 valence electrons. The molecule has 1 fully saturated rings. The van der Waals surface area contributed by atoms with Crippen LogP contribution in [-0.4, -0.2) is 33.4 Å². The van der Waals surface area contributed by atoms with E-state index in [0.717, 1.165) is 29.3 Å². The average Bonchev–Trinajstić information content (AvgIpc) is 3.24. The molecule has 1 aliphatic rings. The first-order valence-corrected chi connectivity index (χ1v) is 7.34. The van der Waals surface area contributed by atoms with Crippen molar-refractivity contribution in [2.75, 3.05) is 19.0 Å². The van der Waals surface area contributed by atoms with Gasteiger partial charge in [0.2, 0.25) is 5.88 Å². The molecule has 0 saturated heterocycles. The molecule has 0 aromatic carbocycles. The van der Waals surface area contributed by atoms with E-state index in [0.29, 0.717) is 17.6 Å². The molecular formula is C15H21N5O. The first kappa shape index (κ1) is 13.9. The number of nitrogens with zero attached hydrogens (tertiary/aromatic N) is 4. The van der Waals surface area contributed by atoms with Crippen LogP contribution in [0.15, 0.2) is 6.07 Å². The first-order chi connectivity index (χ1) is 10.1. The summed E-state index contributed by atoms with van der Waals surface area (Å²) in [6.07, 6.45) is 2.43. The molecule has 1 N–H and O–H groups in total. The molecule has 1 aliphatic carbocycles. The summed E-state index contributed by atoms with van der Waals surface area (Å²) < 4.78 is 7.19. The molecule has 6 nitrogen and oxygen atoms in total. The average molecular weight is 287 g/mol. The van der Waals surface area contributed by atoms with E-state index in [2.05, 4.69) is 28.4 Å². The van der Waals surface area contributed by atoms with Crippen LogP contribution in [0.1, 0.15) is 37.1 Å². The molecule has 0 aliphatic heterocycles. The summed E-state index contributed by atoms with van der Waals surface area (Å²) in [5.41, 5.74) is 2.87. The van der Waals surface area contributed by atoms with Gasteiger partial charge in [-0.15, -0.1) is 0 Å². The fraction of sp³-hybridized carbons (Fsp3) is 0.533. The van der Waals surface area contributed by atoms with E-state index in [4.69, 9.17) is 9.72 Å². The van der Waals surface area contributed by atoms with Crippen molar-refractivity contribution < 1.29 is 4.74 Å². The number of hydrogen-bond acceptors (Lipinski definition) is 5. The van der Waals surface area contributed by atoms with Crippen LogP contribution >= 0.6 is 0 Å². The Balaban J connectivity index is 2.12. The molecule has 2 heterocycles.